The zero-order valence-corrected chi connectivity index (χ0v) is 20.7. The van der Waals surface area contributed by atoms with Gasteiger partial charge in [0.1, 0.15) is 31.7 Å². The Bertz CT molecular complexity index is 1530. The Labute approximate surface area is 209 Å². The van der Waals surface area contributed by atoms with Crippen LogP contribution >= 0.6 is 22.9 Å². The van der Waals surface area contributed by atoms with Crippen molar-refractivity contribution in [2.75, 3.05) is 33.4 Å². The number of aromatic amines is 1. The van der Waals surface area contributed by atoms with Gasteiger partial charge in [-0.15, -0.1) is 11.3 Å². The molecule has 2 atom stereocenters. The molecule has 0 bridgehead atoms. The number of unbranched alkanes of at least 4 members (excludes halogenated alkanes) is 1. The summed E-state index contributed by atoms with van der Waals surface area (Å²) in [6.07, 6.45) is 3.04. The van der Waals surface area contributed by atoms with Crippen LogP contribution in [0.2, 0.25) is 5.15 Å². The standard InChI is InChI=1S/C24H24ClN5O4S/c1-33-15-5-4-6-16-18(15)14-11-29(10-13(14)12-34-16)7-2-3-8-30-23(31)21-19(28-24(30)32)20-22(35-21)26-9-17(25)27-20/h4-6,9,13-14H,2-3,7-8,10-12H2,1H3,(H,28,32)/t13-,14-/m1/s1. The molecular weight excluding hydrogens is 490 g/mol. The lowest BCUT2D eigenvalue weighted by molar-refractivity contribution is 0.209. The summed E-state index contributed by atoms with van der Waals surface area (Å²) in [5.74, 6) is 2.65. The number of H-pyrrole nitrogens is 1. The second-order valence-electron chi connectivity index (χ2n) is 9.06. The van der Waals surface area contributed by atoms with Gasteiger partial charge in [-0.05, 0) is 31.5 Å². The zero-order chi connectivity index (χ0) is 24.1. The predicted molar refractivity (Wildman–Crippen MR) is 135 cm³/mol. The summed E-state index contributed by atoms with van der Waals surface area (Å²) in [7, 11) is 1.70. The minimum atomic E-state index is -0.433. The average Bonchev–Trinajstić information content (AvgIpc) is 3.44. The number of halogens is 1. The van der Waals surface area contributed by atoms with E-state index in [1.807, 2.05) is 18.2 Å². The molecule has 6 rings (SSSR count). The van der Waals surface area contributed by atoms with Gasteiger partial charge >= 0.3 is 5.69 Å². The van der Waals surface area contributed by atoms with Gasteiger partial charge < -0.3 is 19.4 Å². The van der Waals surface area contributed by atoms with Crippen LogP contribution in [-0.4, -0.2) is 57.8 Å². The van der Waals surface area contributed by atoms with E-state index in [0.29, 0.717) is 38.9 Å². The molecule has 0 amide bonds. The number of fused-ring (bicyclic) bond motifs is 6. The zero-order valence-electron chi connectivity index (χ0n) is 19.1. The maximum Gasteiger partial charge on any atom is 0.328 e. The maximum absolute atomic E-state index is 13.0. The number of likely N-dealkylation sites (tertiary alicyclic amines) is 1. The topological polar surface area (TPSA) is 102 Å². The predicted octanol–water partition coefficient (Wildman–Crippen LogP) is 3.24. The first-order valence-corrected chi connectivity index (χ1v) is 12.8. The molecule has 5 heterocycles. The lowest BCUT2D eigenvalue weighted by atomic mass is 9.86. The van der Waals surface area contributed by atoms with Crippen molar-refractivity contribution in [3.05, 3.63) is 56.0 Å². The van der Waals surface area contributed by atoms with Gasteiger partial charge in [0.15, 0.2) is 0 Å². The summed E-state index contributed by atoms with van der Waals surface area (Å²) < 4.78 is 13.3. The molecule has 9 nitrogen and oxygen atoms in total. The molecule has 1 aromatic carbocycles. The largest absolute Gasteiger partial charge is 0.496 e. The van der Waals surface area contributed by atoms with Crippen LogP contribution in [0.25, 0.3) is 20.6 Å². The van der Waals surface area contributed by atoms with Crippen molar-refractivity contribution in [2.45, 2.75) is 25.3 Å². The molecule has 0 unspecified atom stereocenters. The Kier molecular flexibility index (Phi) is 5.74. The van der Waals surface area contributed by atoms with Crippen LogP contribution in [-0.2, 0) is 6.54 Å². The Morgan fingerprint density at radius 1 is 1.26 bits per heavy atom. The number of aromatic nitrogens is 4. The molecule has 182 valence electrons. The lowest BCUT2D eigenvalue weighted by Gasteiger charge is -2.29. The van der Waals surface area contributed by atoms with Gasteiger partial charge in [0.05, 0.1) is 25.4 Å². The first-order chi connectivity index (χ1) is 17.0. The molecule has 4 aromatic rings. The van der Waals surface area contributed by atoms with E-state index in [4.69, 9.17) is 21.1 Å². The Morgan fingerprint density at radius 3 is 2.97 bits per heavy atom. The molecule has 0 radical (unpaired) electrons. The third kappa shape index (κ3) is 3.89. The highest BCUT2D eigenvalue weighted by Crippen LogP contribution is 2.46. The van der Waals surface area contributed by atoms with Gasteiger partial charge in [0.2, 0.25) is 0 Å². The van der Waals surface area contributed by atoms with E-state index in [0.717, 1.165) is 50.6 Å². The minimum Gasteiger partial charge on any atom is -0.496 e. The molecule has 3 aromatic heterocycles. The second kappa shape index (κ2) is 8.92. The van der Waals surface area contributed by atoms with Crippen LogP contribution in [0.3, 0.4) is 0 Å². The summed E-state index contributed by atoms with van der Waals surface area (Å²) >= 11 is 7.17. The second-order valence-corrected chi connectivity index (χ2v) is 10.4. The number of nitrogens with one attached hydrogen (secondary N) is 1. The maximum atomic E-state index is 13.0. The van der Waals surface area contributed by atoms with Gasteiger partial charge in [0, 0.05) is 37.0 Å². The number of ether oxygens (including phenoxy) is 2. The molecule has 0 spiro atoms. The highest BCUT2D eigenvalue weighted by molar-refractivity contribution is 7.25. The Morgan fingerprint density at radius 2 is 2.11 bits per heavy atom. The first-order valence-electron chi connectivity index (χ1n) is 11.6. The van der Waals surface area contributed by atoms with Crippen molar-refractivity contribution < 1.29 is 9.47 Å². The lowest BCUT2D eigenvalue weighted by Crippen LogP contribution is -2.34. The molecule has 0 saturated carbocycles. The molecular formula is C24H24ClN5O4S. The summed E-state index contributed by atoms with van der Waals surface area (Å²) in [4.78, 5) is 40.0. The minimum absolute atomic E-state index is 0.220. The SMILES string of the molecule is COc1cccc2c1[C@@H]1CN(CCCCn3c(=O)[nH]c4c(sc5ncc(Cl)nc54)c3=O)C[C@@H]1CO2. The number of thiophene rings is 1. The van der Waals surface area contributed by atoms with E-state index in [1.54, 1.807) is 7.11 Å². The summed E-state index contributed by atoms with van der Waals surface area (Å²) in [6, 6.07) is 5.98. The summed E-state index contributed by atoms with van der Waals surface area (Å²) in [6.45, 7) is 3.91. The number of benzene rings is 1. The first kappa shape index (κ1) is 22.5. The third-order valence-corrected chi connectivity index (χ3v) is 8.24. The number of methoxy groups -OCH3 is 1. The van der Waals surface area contributed by atoms with Crippen molar-refractivity contribution in [1.29, 1.82) is 0 Å². The fourth-order valence-corrected chi connectivity index (χ4v) is 6.47. The smallest absolute Gasteiger partial charge is 0.328 e. The molecule has 1 N–H and O–H groups in total. The Hall–Kier alpha value is -2.95. The highest BCUT2D eigenvalue weighted by atomic mass is 35.5. The molecule has 1 saturated heterocycles. The van der Waals surface area contributed by atoms with E-state index < -0.39 is 5.69 Å². The molecule has 11 heteroatoms. The van der Waals surface area contributed by atoms with Crippen LogP contribution in [0.15, 0.2) is 34.0 Å². The molecule has 2 aliphatic rings. The third-order valence-electron chi connectivity index (χ3n) is 6.98. The Balaban J connectivity index is 1.13. The van der Waals surface area contributed by atoms with Crippen molar-refractivity contribution in [3.63, 3.8) is 0 Å². The summed E-state index contributed by atoms with van der Waals surface area (Å²) in [5.41, 5.74) is 1.30. The van der Waals surface area contributed by atoms with E-state index in [2.05, 4.69) is 19.9 Å². The highest BCUT2D eigenvalue weighted by Gasteiger charge is 2.40. The van der Waals surface area contributed by atoms with Crippen LogP contribution < -0.4 is 20.7 Å². The van der Waals surface area contributed by atoms with E-state index in [9.17, 15) is 9.59 Å². The van der Waals surface area contributed by atoms with E-state index in [-0.39, 0.29) is 10.7 Å². The van der Waals surface area contributed by atoms with Gasteiger partial charge in [-0.1, -0.05) is 17.7 Å². The number of nitrogens with zero attached hydrogens (tertiary/aromatic N) is 4. The monoisotopic (exact) mass is 513 g/mol. The van der Waals surface area contributed by atoms with Gasteiger partial charge in [0.25, 0.3) is 5.56 Å². The number of rotatable bonds is 6. The van der Waals surface area contributed by atoms with Gasteiger partial charge in [-0.3, -0.25) is 9.36 Å². The van der Waals surface area contributed by atoms with Crippen molar-refractivity contribution in [3.8, 4) is 11.5 Å². The van der Waals surface area contributed by atoms with Gasteiger partial charge in [-0.2, -0.15) is 0 Å². The van der Waals surface area contributed by atoms with E-state index in [1.165, 1.54) is 27.7 Å². The van der Waals surface area contributed by atoms with Crippen molar-refractivity contribution in [2.24, 2.45) is 5.92 Å². The molecule has 35 heavy (non-hydrogen) atoms. The van der Waals surface area contributed by atoms with E-state index >= 15 is 0 Å². The van der Waals surface area contributed by atoms with Crippen LogP contribution in [0, 0.1) is 5.92 Å². The normalized spacial score (nSPS) is 19.6. The molecule has 0 aliphatic carbocycles. The average molecular weight is 514 g/mol. The van der Waals surface area contributed by atoms with Crippen LogP contribution in [0.5, 0.6) is 11.5 Å². The van der Waals surface area contributed by atoms with Crippen LogP contribution in [0.1, 0.15) is 24.3 Å². The van der Waals surface area contributed by atoms with Crippen molar-refractivity contribution >= 4 is 43.5 Å². The summed E-state index contributed by atoms with van der Waals surface area (Å²) in [5, 5.41) is 0.220. The molecule has 1 fully saturated rings. The fraction of sp³-hybridized carbons (Fsp3) is 0.417. The fourth-order valence-electron chi connectivity index (χ4n) is 5.34. The molecule has 2 aliphatic heterocycles. The van der Waals surface area contributed by atoms with Gasteiger partial charge in [-0.25, -0.2) is 14.8 Å². The van der Waals surface area contributed by atoms with Crippen LogP contribution in [0.4, 0.5) is 0 Å². The number of hydrogen-bond acceptors (Lipinski definition) is 8. The number of hydrogen-bond donors (Lipinski definition) is 1. The quantitative estimate of drug-likeness (QED) is 0.395. The van der Waals surface area contributed by atoms with Crippen molar-refractivity contribution in [1.82, 2.24) is 24.4 Å².